The second kappa shape index (κ2) is 6.71. The molecular formula is C14H26N4. The number of anilines is 1. The summed E-state index contributed by atoms with van der Waals surface area (Å²) in [5, 5.41) is 0. The van der Waals surface area contributed by atoms with Gasteiger partial charge in [-0.15, -0.1) is 0 Å². The summed E-state index contributed by atoms with van der Waals surface area (Å²) >= 11 is 0. The quantitative estimate of drug-likeness (QED) is 0.835. The molecule has 18 heavy (non-hydrogen) atoms. The Hall–Kier alpha value is -1.13. The zero-order valence-electron chi connectivity index (χ0n) is 12.2. The monoisotopic (exact) mass is 250 g/mol. The van der Waals surface area contributed by atoms with Crippen molar-refractivity contribution in [2.45, 2.75) is 39.4 Å². The molecule has 1 aromatic heterocycles. The lowest BCUT2D eigenvalue weighted by atomic mass is 10.2. The number of aromatic nitrogens is 1. The molecule has 4 heteroatoms. The summed E-state index contributed by atoms with van der Waals surface area (Å²) in [6.45, 7) is 8.02. The molecule has 1 heterocycles. The predicted molar refractivity (Wildman–Crippen MR) is 77.8 cm³/mol. The summed E-state index contributed by atoms with van der Waals surface area (Å²) in [4.78, 5) is 8.91. The Morgan fingerprint density at radius 3 is 2.33 bits per heavy atom. The van der Waals surface area contributed by atoms with Gasteiger partial charge in [0, 0.05) is 38.4 Å². The van der Waals surface area contributed by atoms with Crippen LogP contribution in [0.25, 0.3) is 0 Å². The summed E-state index contributed by atoms with van der Waals surface area (Å²) in [5.74, 6) is 1.02. The van der Waals surface area contributed by atoms with Gasteiger partial charge in [0.05, 0.1) is 0 Å². The van der Waals surface area contributed by atoms with Crippen molar-refractivity contribution in [2.75, 3.05) is 25.5 Å². The minimum atomic E-state index is 0.392. The van der Waals surface area contributed by atoms with Crippen LogP contribution in [-0.4, -0.2) is 42.6 Å². The van der Waals surface area contributed by atoms with Crippen LogP contribution in [0, 0.1) is 0 Å². The molecule has 2 N–H and O–H groups in total. The number of likely N-dealkylation sites (N-methyl/N-ethyl adjacent to an activating group) is 1. The van der Waals surface area contributed by atoms with Gasteiger partial charge < -0.3 is 10.6 Å². The highest BCUT2D eigenvalue weighted by Crippen LogP contribution is 2.13. The summed E-state index contributed by atoms with van der Waals surface area (Å²) in [5.41, 5.74) is 6.88. The summed E-state index contributed by atoms with van der Waals surface area (Å²) in [6, 6.07) is 5.07. The molecule has 0 radical (unpaired) electrons. The van der Waals surface area contributed by atoms with Crippen LogP contribution in [0.5, 0.6) is 0 Å². The standard InChI is InChI=1S/C14H26N4/c1-11(2)18(5)14-7-6-13(9-16-14)10-17(4)12(3)8-15/h6-7,9,11-12H,8,10,15H2,1-5H3. The molecule has 0 fully saturated rings. The first kappa shape index (κ1) is 14.9. The van der Waals surface area contributed by atoms with Crippen molar-refractivity contribution in [3.63, 3.8) is 0 Å². The van der Waals surface area contributed by atoms with E-state index in [2.05, 4.69) is 61.8 Å². The Labute approximate surface area is 111 Å². The molecule has 0 saturated carbocycles. The summed E-state index contributed by atoms with van der Waals surface area (Å²) < 4.78 is 0. The van der Waals surface area contributed by atoms with Crippen molar-refractivity contribution in [3.8, 4) is 0 Å². The van der Waals surface area contributed by atoms with Crippen LogP contribution in [0.4, 0.5) is 5.82 Å². The highest BCUT2D eigenvalue weighted by Gasteiger charge is 2.09. The van der Waals surface area contributed by atoms with Crippen molar-refractivity contribution < 1.29 is 0 Å². The molecule has 0 aliphatic carbocycles. The second-order valence-corrected chi connectivity index (χ2v) is 5.23. The maximum Gasteiger partial charge on any atom is 0.128 e. The molecule has 1 unspecified atom stereocenters. The second-order valence-electron chi connectivity index (χ2n) is 5.23. The molecule has 102 valence electrons. The van der Waals surface area contributed by atoms with Gasteiger partial charge in [0.1, 0.15) is 5.82 Å². The highest BCUT2D eigenvalue weighted by molar-refractivity contribution is 5.39. The Balaban J connectivity index is 2.66. The molecule has 1 aromatic rings. The van der Waals surface area contributed by atoms with E-state index in [0.29, 0.717) is 18.6 Å². The predicted octanol–water partition coefficient (Wildman–Crippen LogP) is 1.71. The minimum Gasteiger partial charge on any atom is -0.357 e. The molecule has 0 aliphatic rings. The van der Waals surface area contributed by atoms with E-state index in [-0.39, 0.29) is 0 Å². The van der Waals surface area contributed by atoms with Crippen molar-refractivity contribution in [1.29, 1.82) is 0 Å². The first-order valence-corrected chi connectivity index (χ1v) is 6.53. The van der Waals surface area contributed by atoms with Gasteiger partial charge in [-0.3, -0.25) is 4.90 Å². The topological polar surface area (TPSA) is 45.4 Å². The van der Waals surface area contributed by atoms with Gasteiger partial charge in [0.2, 0.25) is 0 Å². The van der Waals surface area contributed by atoms with Crippen LogP contribution in [0.3, 0.4) is 0 Å². The Morgan fingerprint density at radius 1 is 1.22 bits per heavy atom. The molecule has 0 aliphatic heterocycles. The van der Waals surface area contributed by atoms with Gasteiger partial charge in [-0.05, 0) is 39.4 Å². The van der Waals surface area contributed by atoms with E-state index in [0.717, 1.165) is 12.4 Å². The number of nitrogens with two attached hydrogens (primary N) is 1. The van der Waals surface area contributed by atoms with Gasteiger partial charge in [0.15, 0.2) is 0 Å². The Kier molecular flexibility index (Phi) is 5.56. The van der Waals surface area contributed by atoms with Gasteiger partial charge >= 0.3 is 0 Å². The van der Waals surface area contributed by atoms with Crippen LogP contribution in [0.15, 0.2) is 18.3 Å². The van der Waals surface area contributed by atoms with Crippen LogP contribution in [0.2, 0.25) is 0 Å². The molecule has 0 spiro atoms. The van der Waals surface area contributed by atoms with Crippen molar-refractivity contribution in [1.82, 2.24) is 9.88 Å². The summed E-state index contributed by atoms with van der Waals surface area (Å²) in [7, 11) is 4.15. The zero-order chi connectivity index (χ0) is 13.7. The van der Waals surface area contributed by atoms with Gasteiger partial charge in [-0.2, -0.15) is 0 Å². The number of hydrogen-bond donors (Lipinski definition) is 1. The number of rotatable bonds is 6. The minimum absolute atomic E-state index is 0.392. The zero-order valence-corrected chi connectivity index (χ0v) is 12.2. The lowest BCUT2D eigenvalue weighted by Crippen LogP contribution is -2.34. The third kappa shape index (κ3) is 3.96. The fraction of sp³-hybridized carbons (Fsp3) is 0.643. The van der Waals surface area contributed by atoms with Gasteiger partial charge in [0.25, 0.3) is 0 Å². The third-order valence-corrected chi connectivity index (χ3v) is 3.47. The molecule has 1 rings (SSSR count). The molecule has 0 amide bonds. The van der Waals surface area contributed by atoms with E-state index < -0.39 is 0 Å². The van der Waals surface area contributed by atoms with Gasteiger partial charge in [-0.25, -0.2) is 4.98 Å². The van der Waals surface area contributed by atoms with Crippen molar-refractivity contribution in [3.05, 3.63) is 23.9 Å². The molecule has 4 nitrogen and oxygen atoms in total. The lowest BCUT2D eigenvalue weighted by molar-refractivity contribution is 0.254. The van der Waals surface area contributed by atoms with E-state index in [1.54, 1.807) is 0 Å². The van der Waals surface area contributed by atoms with Crippen LogP contribution < -0.4 is 10.6 Å². The van der Waals surface area contributed by atoms with E-state index in [1.165, 1.54) is 5.56 Å². The van der Waals surface area contributed by atoms with Crippen molar-refractivity contribution >= 4 is 5.82 Å². The maximum atomic E-state index is 5.66. The molecule has 0 saturated heterocycles. The Morgan fingerprint density at radius 2 is 1.89 bits per heavy atom. The maximum absolute atomic E-state index is 5.66. The molecule has 0 bridgehead atoms. The van der Waals surface area contributed by atoms with E-state index in [4.69, 9.17) is 5.73 Å². The van der Waals surface area contributed by atoms with E-state index in [9.17, 15) is 0 Å². The smallest absolute Gasteiger partial charge is 0.128 e. The first-order valence-electron chi connectivity index (χ1n) is 6.53. The van der Waals surface area contributed by atoms with Crippen LogP contribution in [0.1, 0.15) is 26.3 Å². The molecule has 0 aromatic carbocycles. The third-order valence-electron chi connectivity index (χ3n) is 3.47. The first-order chi connectivity index (χ1) is 8.45. The lowest BCUT2D eigenvalue weighted by Gasteiger charge is -2.24. The number of nitrogens with zero attached hydrogens (tertiary/aromatic N) is 3. The largest absolute Gasteiger partial charge is 0.357 e. The molecule has 1 atom stereocenters. The highest BCUT2D eigenvalue weighted by atomic mass is 15.2. The van der Waals surface area contributed by atoms with Gasteiger partial charge in [-0.1, -0.05) is 6.07 Å². The van der Waals surface area contributed by atoms with Crippen molar-refractivity contribution in [2.24, 2.45) is 5.73 Å². The number of pyridine rings is 1. The summed E-state index contributed by atoms with van der Waals surface area (Å²) in [6.07, 6.45) is 1.95. The average Bonchev–Trinajstić information content (AvgIpc) is 2.37. The van der Waals surface area contributed by atoms with Crippen LogP contribution in [-0.2, 0) is 6.54 Å². The fourth-order valence-electron chi connectivity index (χ4n) is 1.61. The van der Waals surface area contributed by atoms with E-state index in [1.807, 2.05) is 6.20 Å². The average molecular weight is 250 g/mol. The normalized spacial score (nSPS) is 13.1. The van der Waals surface area contributed by atoms with E-state index >= 15 is 0 Å². The fourth-order valence-corrected chi connectivity index (χ4v) is 1.61. The van der Waals surface area contributed by atoms with Crippen LogP contribution >= 0.6 is 0 Å². The SMILES string of the molecule is CC(CN)N(C)Cc1ccc(N(C)C(C)C)nc1. The molecular weight excluding hydrogens is 224 g/mol. The number of hydrogen-bond acceptors (Lipinski definition) is 4. The Bertz CT molecular complexity index is 347.